The van der Waals surface area contributed by atoms with E-state index in [0.717, 1.165) is 11.3 Å². The van der Waals surface area contributed by atoms with Crippen molar-refractivity contribution in [3.8, 4) is 17.2 Å². The van der Waals surface area contributed by atoms with Crippen LogP contribution in [0.5, 0.6) is 17.2 Å². The minimum absolute atomic E-state index is 0.0389. The Balaban J connectivity index is 1.78. The Kier molecular flexibility index (Phi) is 5.26. The standard InChI is InChI=1S/C16H18O4/c1-18-15-4-2-3-5-16(15)20-11-10-19-14-8-6-13(12-17)7-9-14/h2-9,17H,10-12H2,1H3. The number of aliphatic hydroxyl groups is 1. The lowest BCUT2D eigenvalue weighted by Crippen LogP contribution is -2.09. The van der Waals surface area contributed by atoms with Crippen molar-refractivity contribution in [1.82, 2.24) is 0 Å². The molecule has 106 valence electrons. The third-order valence-corrected chi connectivity index (χ3v) is 2.78. The van der Waals surface area contributed by atoms with Gasteiger partial charge < -0.3 is 19.3 Å². The van der Waals surface area contributed by atoms with Gasteiger partial charge in [0.05, 0.1) is 13.7 Å². The minimum atomic E-state index is 0.0389. The monoisotopic (exact) mass is 274 g/mol. The molecule has 0 aliphatic rings. The SMILES string of the molecule is COc1ccccc1OCCOc1ccc(CO)cc1. The molecule has 2 rings (SSSR count). The third-order valence-electron chi connectivity index (χ3n) is 2.78. The van der Waals surface area contributed by atoms with Crippen LogP contribution in [0.15, 0.2) is 48.5 Å². The van der Waals surface area contributed by atoms with E-state index in [2.05, 4.69) is 0 Å². The van der Waals surface area contributed by atoms with Crippen LogP contribution in [0.2, 0.25) is 0 Å². The summed E-state index contributed by atoms with van der Waals surface area (Å²) in [5.41, 5.74) is 0.864. The van der Waals surface area contributed by atoms with Crippen LogP contribution in [0.3, 0.4) is 0 Å². The molecule has 2 aromatic rings. The summed E-state index contributed by atoms with van der Waals surface area (Å²) >= 11 is 0. The molecular formula is C16H18O4. The number of para-hydroxylation sites is 2. The normalized spacial score (nSPS) is 10.1. The van der Waals surface area contributed by atoms with E-state index in [9.17, 15) is 0 Å². The van der Waals surface area contributed by atoms with Crippen LogP contribution in [0.1, 0.15) is 5.56 Å². The second-order valence-corrected chi connectivity index (χ2v) is 4.15. The first-order chi connectivity index (χ1) is 9.83. The molecule has 0 saturated heterocycles. The van der Waals surface area contributed by atoms with Gasteiger partial charge >= 0.3 is 0 Å². The van der Waals surface area contributed by atoms with Crippen molar-refractivity contribution in [2.45, 2.75) is 6.61 Å². The predicted octanol–water partition coefficient (Wildman–Crippen LogP) is 2.65. The second-order valence-electron chi connectivity index (χ2n) is 4.15. The number of methoxy groups -OCH3 is 1. The van der Waals surface area contributed by atoms with Gasteiger partial charge in [-0.05, 0) is 29.8 Å². The fourth-order valence-electron chi connectivity index (χ4n) is 1.74. The van der Waals surface area contributed by atoms with Crippen LogP contribution in [0.25, 0.3) is 0 Å². The molecule has 2 aromatic carbocycles. The molecule has 0 amide bonds. The van der Waals surface area contributed by atoms with Gasteiger partial charge in [-0.2, -0.15) is 0 Å². The number of ether oxygens (including phenoxy) is 3. The highest BCUT2D eigenvalue weighted by Crippen LogP contribution is 2.25. The van der Waals surface area contributed by atoms with E-state index < -0.39 is 0 Å². The number of aliphatic hydroxyl groups excluding tert-OH is 1. The van der Waals surface area contributed by atoms with Crippen molar-refractivity contribution in [2.75, 3.05) is 20.3 Å². The fraction of sp³-hybridized carbons (Fsp3) is 0.250. The molecule has 1 N–H and O–H groups in total. The first-order valence-electron chi connectivity index (χ1n) is 6.42. The van der Waals surface area contributed by atoms with Gasteiger partial charge in [-0.3, -0.25) is 0 Å². The summed E-state index contributed by atoms with van der Waals surface area (Å²) < 4.78 is 16.4. The summed E-state index contributed by atoms with van der Waals surface area (Å²) in [5.74, 6) is 2.17. The molecule has 0 spiro atoms. The molecule has 4 nitrogen and oxygen atoms in total. The molecule has 0 radical (unpaired) electrons. The molecular weight excluding hydrogens is 256 g/mol. The molecule has 0 heterocycles. The Labute approximate surface area is 118 Å². The number of benzene rings is 2. The van der Waals surface area contributed by atoms with Gasteiger partial charge in [0.25, 0.3) is 0 Å². The lowest BCUT2D eigenvalue weighted by molar-refractivity contribution is 0.211. The van der Waals surface area contributed by atoms with Crippen LogP contribution in [-0.2, 0) is 6.61 Å². The number of rotatable bonds is 7. The van der Waals surface area contributed by atoms with Crippen molar-refractivity contribution >= 4 is 0 Å². The highest BCUT2D eigenvalue weighted by molar-refractivity contribution is 5.39. The van der Waals surface area contributed by atoms with Gasteiger partial charge in [0.15, 0.2) is 11.5 Å². The summed E-state index contributed by atoms with van der Waals surface area (Å²) in [6, 6.07) is 14.8. The lowest BCUT2D eigenvalue weighted by Gasteiger charge is -2.11. The van der Waals surface area contributed by atoms with Gasteiger partial charge in [-0.1, -0.05) is 24.3 Å². The van der Waals surface area contributed by atoms with Gasteiger partial charge in [-0.15, -0.1) is 0 Å². The van der Waals surface area contributed by atoms with Crippen LogP contribution >= 0.6 is 0 Å². The summed E-state index contributed by atoms with van der Waals surface area (Å²) in [6.45, 7) is 0.913. The Morgan fingerprint density at radius 3 is 2.15 bits per heavy atom. The van der Waals surface area contributed by atoms with Crippen molar-refractivity contribution in [2.24, 2.45) is 0 Å². The quantitative estimate of drug-likeness (QED) is 0.789. The zero-order valence-corrected chi connectivity index (χ0v) is 11.4. The van der Waals surface area contributed by atoms with E-state index in [0.29, 0.717) is 24.7 Å². The third kappa shape index (κ3) is 3.90. The van der Waals surface area contributed by atoms with E-state index >= 15 is 0 Å². The summed E-state index contributed by atoms with van der Waals surface area (Å²) in [6.07, 6.45) is 0. The van der Waals surface area contributed by atoms with Crippen LogP contribution in [0.4, 0.5) is 0 Å². The average molecular weight is 274 g/mol. The minimum Gasteiger partial charge on any atom is -0.493 e. The maximum atomic E-state index is 8.95. The zero-order chi connectivity index (χ0) is 14.2. The number of hydrogen-bond acceptors (Lipinski definition) is 4. The number of hydrogen-bond donors (Lipinski definition) is 1. The van der Waals surface area contributed by atoms with Crippen LogP contribution < -0.4 is 14.2 Å². The van der Waals surface area contributed by atoms with E-state index in [1.54, 1.807) is 7.11 Å². The Bertz CT molecular complexity index is 522. The zero-order valence-electron chi connectivity index (χ0n) is 11.4. The maximum absolute atomic E-state index is 8.95. The van der Waals surface area contributed by atoms with Crippen LogP contribution in [-0.4, -0.2) is 25.4 Å². The highest BCUT2D eigenvalue weighted by atomic mass is 16.5. The lowest BCUT2D eigenvalue weighted by atomic mass is 10.2. The van der Waals surface area contributed by atoms with Crippen molar-refractivity contribution in [3.05, 3.63) is 54.1 Å². The van der Waals surface area contributed by atoms with Crippen molar-refractivity contribution in [3.63, 3.8) is 0 Å². The van der Waals surface area contributed by atoms with E-state index in [-0.39, 0.29) is 6.61 Å². The summed E-state index contributed by atoms with van der Waals surface area (Å²) in [5, 5.41) is 8.95. The predicted molar refractivity (Wildman–Crippen MR) is 76.3 cm³/mol. The van der Waals surface area contributed by atoms with Gasteiger partial charge in [-0.25, -0.2) is 0 Å². The molecule has 0 aromatic heterocycles. The van der Waals surface area contributed by atoms with Crippen LogP contribution in [0, 0.1) is 0 Å². The first kappa shape index (κ1) is 14.2. The molecule has 0 aliphatic heterocycles. The maximum Gasteiger partial charge on any atom is 0.161 e. The fourth-order valence-corrected chi connectivity index (χ4v) is 1.74. The molecule has 0 saturated carbocycles. The Hall–Kier alpha value is -2.20. The molecule has 0 bridgehead atoms. The largest absolute Gasteiger partial charge is 0.493 e. The molecule has 4 heteroatoms. The topological polar surface area (TPSA) is 47.9 Å². The van der Waals surface area contributed by atoms with Gasteiger partial charge in [0, 0.05) is 0 Å². The Morgan fingerprint density at radius 1 is 0.850 bits per heavy atom. The molecule has 20 heavy (non-hydrogen) atoms. The van der Waals surface area contributed by atoms with E-state index in [4.69, 9.17) is 19.3 Å². The molecule has 0 aliphatic carbocycles. The average Bonchev–Trinajstić information content (AvgIpc) is 2.52. The highest BCUT2D eigenvalue weighted by Gasteiger charge is 2.02. The van der Waals surface area contributed by atoms with Crippen molar-refractivity contribution < 1.29 is 19.3 Å². The smallest absolute Gasteiger partial charge is 0.161 e. The summed E-state index contributed by atoms with van der Waals surface area (Å²) in [7, 11) is 1.61. The molecule has 0 atom stereocenters. The molecule has 0 unspecified atom stereocenters. The van der Waals surface area contributed by atoms with Gasteiger partial charge in [0.2, 0.25) is 0 Å². The second kappa shape index (κ2) is 7.40. The van der Waals surface area contributed by atoms with Gasteiger partial charge in [0.1, 0.15) is 19.0 Å². The van der Waals surface area contributed by atoms with E-state index in [1.807, 2.05) is 48.5 Å². The summed E-state index contributed by atoms with van der Waals surface area (Å²) in [4.78, 5) is 0. The Morgan fingerprint density at radius 2 is 1.50 bits per heavy atom. The molecule has 0 fully saturated rings. The van der Waals surface area contributed by atoms with Crippen molar-refractivity contribution in [1.29, 1.82) is 0 Å². The van der Waals surface area contributed by atoms with E-state index in [1.165, 1.54) is 0 Å². The first-order valence-corrected chi connectivity index (χ1v) is 6.42.